The van der Waals surface area contributed by atoms with E-state index in [-0.39, 0.29) is 36.5 Å². The van der Waals surface area contributed by atoms with Crippen molar-refractivity contribution in [1.82, 2.24) is 15.8 Å². The average molecular weight is 634 g/mol. The summed E-state index contributed by atoms with van der Waals surface area (Å²) in [5, 5.41) is 20.1. The zero-order valence-electron chi connectivity index (χ0n) is 19.2. The van der Waals surface area contributed by atoms with Gasteiger partial charge in [0.05, 0.1) is 24.8 Å². The van der Waals surface area contributed by atoms with E-state index in [0.717, 1.165) is 33.6 Å². The van der Waals surface area contributed by atoms with E-state index in [2.05, 4.69) is 43.1 Å². The smallest absolute Gasteiger partial charge is 0.231 e. The van der Waals surface area contributed by atoms with Gasteiger partial charge in [-0.25, -0.2) is 17.2 Å². The molecule has 13 heteroatoms. The molecule has 0 radical (unpaired) electrons. The number of hydrogen-bond donors (Lipinski definition) is 4. The highest BCUT2D eigenvalue weighted by Gasteiger charge is 2.23. The van der Waals surface area contributed by atoms with Crippen LogP contribution in [0.15, 0.2) is 53.1 Å². The second-order valence-electron chi connectivity index (χ2n) is 8.21. The van der Waals surface area contributed by atoms with E-state index in [1.54, 1.807) is 0 Å². The Morgan fingerprint density at radius 2 is 1.86 bits per heavy atom. The molecule has 0 aliphatic rings. The van der Waals surface area contributed by atoms with Gasteiger partial charge in [0, 0.05) is 28.8 Å². The molecule has 1 amide bonds. The number of aliphatic hydroxyl groups excluding tert-OH is 1. The molecule has 36 heavy (non-hydrogen) atoms. The van der Waals surface area contributed by atoms with Crippen molar-refractivity contribution in [2.24, 2.45) is 0 Å². The van der Waals surface area contributed by atoms with Crippen LogP contribution in [0.4, 0.5) is 14.6 Å². The Balaban J connectivity index is 1.66. The molecular formula is C23H25F2IN4O5S. The van der Waals surface area contributed by atoms with Crippen molar-refractivity contribution >= 4 is 44.3 Å². The summed E-state index contributed by atoms with van der Waals surface area (Å²) in [6.07, 6.45) is -0.485. The first-order valence-corrected chi connectivity index (χ1v) is 13.7. The fourth-order valence-electron chi connectivity index (χ4n) is 3.47. The Bertz CT molecular complexity index is 1280. The lowest BCUT2D eigenvalue weighted by Crippen LogP contribution is -2.49. The molecule has 3 aromatic rings. The molecule has 2 aromatic carbocycles. The van der Waals surface area contributed by atoms with E-state index in [1.165, 1.54) is 6.07 Å². The quantitative estimate of drug-likeness (QED) is 0.225. The van der Waals surface area contributed by atoms with Gasteiger partial charge in [-0.3, -0.25) is 9.52 Å². The Morgan fingerprint density at radius 1 is 1.14 bits per heavy atom. The Labute approximate surface area is 220 Å². The Kier molecular flexibility index (Phi) is 9.76. The monoisotopic (exact) mass is 634 g/mol. The topological polar surface area (TPSA) is 134 Å². The van der Waals surface area contributed by atoms with Crippen molar-refractivity contribution in [1.29, 1.82) is 0 Å². The number of benzene rings is 2. The standard InChI is InChI=1S/C23H25F2IN4O5S/c1-36(33,34)30-22-10-19(35-29-22)11-23(32)28-20(8-15-5-16(24)9-17(25)6-15)21(31)13-27-12-14-3-2-4-18(26)7-14/h2-7,9-10,20-21,27,31H,8,11-13H2,1H3,(H,28,32)(H,29,30)/t20-,21+/m0/s1. The number of sulfonamides is 1. The predicted octanol–water partition coefficient (Wildman–Crippen LogP) is 2.35. The number of carbonyl (C=O) groups is 1. The third-order valence-corrected chi connectivity index (χ3v) is 6.20. The summed E-state index contributed by atoms with van der Waals surface area (Å²) in [7, 11) is -3.57. The number of aromatic nitrogens is 1. The van der Waals surface area contributed by atoms with Crippen LogP contribution in [-0.4, -0.2) is 49.5 Å². The van der Waals surface area contributed by atoms with Crippen molar-refractivity contribution in [2.75, 3.05) is 17.5 Å². The normalized spacial score (nSPS) is 13.2. The van der Waals surface area contributed by atoms with Gasteiger partial charge in [-0.1, -0.05) is 17.3 Å². The van der Waals surface area contributed by atoms with Crippen LogP contribution in [0, 0.1) is 15.2 Å². The van der Waals surface area contributed by atoms with Gasteiger partial charge < -0.3 is 20.3 Å². The summed E-state index contributed by atoms with van der Waals surface area (Å²) in [5.41, 5.74) is 1.26. The van der Waals surface area contributed by atoms with Gasteiger partial charge in [-0.2, -0.15) is 0 Å². The van der Waals surface area contributed by atoms with Gasteiger partial charge in [-0.05, 0) is 64.4 Å². The first-order valence-electron chi connectivity index (χ1n) is 10.8. The van der Waals surface area contributed by atoms with Gasteiger partial charge in [0.1, 0.15) is 17.4 Å². The number of nitrogens with one attached hydrogen (secondary N) is 3. The van der Waals surface area contributed by atoms with E-state index in [4.69, 9.17) is 4.52 Å². The summed E-state index contributed by atoms with van der Waals surface area (Å²) < 4.78 is 58.2. The van der Waals surface area contributed by atoms with Crippen LogP contribution in [0.25, 0.3) is 0 Å². The molecule has 0 fully saturated rings. The molecule has 0 bridgehead atoms. The van der Waals surface area contributed by atoms with E-state index in [0.29, 0.717) is 6.54 Å². The number of amides is 1. The first-order chi connectivity index (χ1) is 17.0. The number of rotatable bonds is 12. The minimum atomic E-state index is -3.57. The maximum absolute atomic E-state index is 13.7. The zero-order valence-corrected chi connectivity index (χ0v) is 22.1. The number of halogens is 3. The van der Waals surface area contributed by atoms with Crippen LogP contribution in [-0.2, 0) is 34.2 Å². The molecule has 2 atom stereocenters. The lowest BCUT2D eigenvalue weighted by atomic mass is 10.00. The lowest BCUT2D eigenvalue weighted by Gasteiger charge is -2.25. The molecule has 0 spiro atoms. The summed E-state index contributed by atoms with van der Waals surface area (Å²) in [6.45, 7) is 0.566. The molecule has 1 aromatic heterocycles. The molecule has 0 saturated carbocycles. The van der Waals surface area contributed by atoms with Gasteiger partial charge in [0.25, 0.3) is 0 Å². The molecule has 0 saturated heterocycles. The number of aliphatic hydroxyl groups is 1. The maximum Gasteiger partial charge on any atom is 0.231 e. The first kappa shape index (κ1) is 28.0. The molecular weight excluding hydrogens is 609 g/mol. The SMILES string of the molecule is CS(=O)(=O)Nc1cc(CC(=O)N[C@@H](Cc2cc(F)cc(F)c2)[C@H](O)CNCc2cccc(I)c2)on1. The number of nitrogens with zero attached hydrogens (tertiary/aromatic N) is 1. The highest BCUT2D eigenvalue weighted by atomic mass is 127. The minimum Gasteiger partial charge on any atom is -0.390 e. The minimum absolute atomic E-state index is 0.0379. The number of carbonyl (C=O) groups excluding carboxylic acids is 1. The maximum atomic E-state index is 13.7. The molecule has 0 aliphatic heterocycles. The fraction of sp³-hybridized carbons (Fsp3) is 0.304. The third kappa shape index (κ3) is 9.44. The largest absolute Gasteiger partial charge is 0.390 e. The summed E-state index contributed by atoms with van der Waals surface area (Å²) in [5.74, 6) is -2.09. The van der Waals surface area contributed by atoms with E-state index in [9.17, 15) is 27.1 Å². The molecule has 194 valence electrons. The van der Waals surface area contributed by atoms with Gasteiger partial charge in [-0.15, -0.1) is 0 Å². The zero-order chi connectivity index (χ0) is 26.3. The second kappa shape index (κ2) is 12.6. The summed E-state index contributed by atoms with van der Waals surface area (Å²) in [6, 6.07) is 11.2. The predicted molar refractivity (Wildman–Crippen MR) is 138 cm³/mol. The van der Waals surface area contributed by atoms with Gasteiger partial charge in [0.15, 0.2) is 5.82 Å². The Hall–Kier alpha value is -2.62. The van der Waals surface area contributed by atoms with Gasteiger partial charge in [0.2, 0.25) is 15.9 Å². The van der Waals surface area contributed by atoms with Crippen LogP contribution < -0.4 is 15.4 Å². The highest BCUT2D eigenvalue weighted by molar-refractivity contribution is 14.1. The van der Waals surface area contributed by atoms with Crippen LogP contribution in [0.2, 0.25) is 0 Å². The fourth-order valence-corrected chi connectivity index (χ4v) is 4.55. The van der Waals surface area contributed by atoms with Crippen LogP contribution in [0.5, 0.6) is 0 Å². The van der Waals surface area contributed by atoms with Crippen molar-refractivity contribution in [3.8, 4) is 0 Å². The molecule has 0 unspecified atom stereocenters. The van der Waals surface area contributed by atoms with Crippen LogP contribution in [0.3, 0.4) is 0 Å². The van der Waals surface area contributed by atoms with Crippen molar-refractivity contribution < 1.29 is 31.6 Å². The van der Waals surface area contributed by atoms with Crippen LogP contribution >= 0.6 is 22.6 Å². The highest BCUT2D eigenvalue weighted by Crippen LogP contribution is 2.14. The molecule has 0 aliphatic carbocycles. The molecule has 4 N–H and O–H groups in total. The second-order valence-corrected chi connectivity index (χ2v) is 11.2. The molecule has 9 nitrogen and oxygen atoms in total. The van der Waals surface area contributed by atoms with E-state index >= 15 is 0 Å². The van der Waals surface area contributed by atoms with Gasteiger partial charge >= 0.3 is 0 Å². The van der Waals surface area contributed by atoms with E-state index < -0.39 is 39.7 Å². The average Bonchev–Trinajstić information content (AvgIpc) is 3.17. The number of anilines is 1. The van der Waals surface area contributed by atoms with Crippen LogP contribution in [0.1, 0.15) is 16.9 Å². The molecule has 3 rings (SSSR count). The Morgan fingerprint density at radius 3 is 2.53 bits per heavy atom. The number of hydrogen-bond acceptors (Lipinski definition) is 7. The lowest BCUT2D eigenvalue weighted by molar-refractivity contribution is -0.122. The van der Waals surface area contributed by atoms with E-state index in [1.807, 2.05) is 24.3 Å². The van der Waals surface area contributed by atoms with Crippen molar-refractivity contribution in [3.05, 3.63) is 80.6 Å². The summed E-state index contributed by atoms with van der Waals surface area (Å²) >= 11 is 2.20. The summed E-state index contributed by atoms with van der Waals surface area (Å²) in [4.78, 5) is 12.7. The van der Waals surface area contributed by atoms with Crippen molar-refractivity contribution in [3.63, 3.8) is 0 Å². The molecule has 1 heterocycles. The van der Waals surface area contributed by atoms with Crippen molar-refractivity contribution in [2.45, 2.75) is 31.5 Å². The third-order valence-electron chi connectivity index (χ3n) is 4.94.